The smallest absolute Gasteiger partial charge is 0.359 e. The SMILES string of the molecule is CC(OC(=O)c1c(Cl)nc2sccn12)C(=O)NCC(=O)Nc1ccc(F)c(F)c1F. The highest BCUT2D eigenvalue weighted by atomic mass is 35.5. The molecule has 2 heterocycles. The van der Waals surface area contributed by atoms with E-state index in [9.17, 15) is 27.6 Å². The van der Waals surface area contributed by atoms with Gasteiger partial charge in [-0.1, -0.05) is 11.6 Å². The number of thiazole rings is 1. The Morgan fingerprint density at radius 2 is 2.00 bits per heavy atom. The molecule has 0 aliphatic carbocycles. The van der Waals surface area contributed by atoms with Gasteiger partial charge in [0.15, 0.2) is 39.4 Å². The van der Waals surface area contributed by atoms with Gasteiger partial charge in [-0.25, -0.2) is 22.9 Å². The van der Waals surface area contributed by atoms with E-state index in [1.807, 2.05) is 5.32 Å². The number of hydrogen-bond donors (Lipinski definition) is 2. The molecule has 2 N–H and O–H groups in total. The number of benzene rings is 1. The van der Waals surface area contributed by atoms with E-state index in [-0.39, 0.29) is 10.8 Å². The lowest BCUT2D eigenvalue weighted by Crippen LogP contribution is -2.40. The molecule has 0 aliphatic rings. The zero-order chi connectivity index (χ0) is 22.0. The molecule has 0 aliphatic heterocycles. The summed E-state index contributed by atoms with van der Waals surface area (Å²) in [6.07, 6.45) is 0.257. The molecule has 30 heavy (non-hydrogen) atoms. The molecular formula is C17H12ClF3N4O4S. The number of halogens is 4. The number of fused-ring (bicyclic) bond motifs is 1. The summed E-state index contributed by atoms with van der Waals surface area (Å²) in [6.45, 7) is 0.626. The number of carbonyl (C=O) groups is 3. The Balaban J connectivity index is 1.55. The summed E-state index contributed by atoms with van der Waals surface area (Å²) in [5.41, 5.74) is -0.651. The Kier molecular flexibility index (Phi) is 6.27. The second-order valence-electron chi connectivity index (χ2n) is 5.84. The highest BCUT2D eigenvalue weighted by Crippen LogP contribution is 2.22. The van der Waals surface area contributed by atoms with Crippen molar-refractivity contribution in [3.8, 4) is 0 Å². The lowest BCUT2D eigenvalue weighted by molar-refractivity contribution is -0.130. The van der Waals surface area contributed by atoms with Crippen molar-refractivity contribution in [1.82, 2.24) is 14.7 Å². The summed E-state index contributed by atoms with van der Waals surface area (Å²) >= 11 is 7.16. The van der Waals surface area contributed by atoms with Gasteiger partial charge in [0, 0.05) is 11.6 Å². The fraction of sp³-hybridized carbons (Fsp3) is 0.176. The summed E-state index contributed by atoms with van der Waals surface area (Å²) < 4.78 is 46.1. The van der Waals surface area contributed by atoms with Crippen molar-refractivity contribution in [3.05, 3.63) is 52.0 Å². The van der Waals surface area contributed by atoms with Crippen molar-refractivity contribution in [1.29, 1.82) is 0 Å². The quantitative estimate of drug-likeness (QED) is 0.435. The van der Waals surface area contributed by atoms with E-state index in [1.165, 1.54) is 22.7 Å². The van der Waals surface area contributed by atoms with Crippen molar-refractivity contribution >= 4 is 51.4 Å². The van der Waals surface area contributed by atoms with E-state index in [2.05, 4.69) is 10.3 Å². The number of carbonyl (C=O) groups excluding carboxylic acids is 3. The van der Waals surface area contributed by atoms with Gasteiger partial charge in [-0.3, -0.25) is 14.0 Å². The second-order valence-corrected chi connectivity index (χ2v) is 7.07. The number of hydrogen-bond acceptors (Lipinski definition) is 6. The number of aromatic nitrogens is 2. The molecule has 0 spiro atoms. The number of ether oxygens (including phenoxy) is 1. The van der Waals surface area contributed by atoms with Crippen LogP contribution < -0.4 is 10.6 Å². The Hall–Kier alpha value is -3.12. The molecule has 158 valence electrons. The molecule has 0 saturated heterocycles. The van der Waals surface area contributed by atoms with Crippen LogP contribution in [0.4, 0.5) is 18.9 Å². The van der Waals surface area contributed by atoms with Gasteiger partial charge in [-0.05, 0) is 19.1 Å². The van der Waals surface area contributed by atoms with Gasteiger partial charge in [-0.15, -0.1) is 11.3 Å². The standard InChI is InChI=1S/C17H12ClF3N4O4S/c1-7(29-16(28)13-14(18)24-17-25(13)4-5-30-17)15(27)22-6-10(26)23-9-3-2-8(19)11(20)12(9)21/h2-5,7H,6H2,1H3,(H,22,27)(H,23,26). The molecule has 2 aromatic heterocycles. The molecule has 0 saturated carbocycles. The molecule has 0 fully saturated rings. The van der Waals surface area contributed by atoms with Crippen molar-refractivity contribution in [3.63, 3.8) is 0 Å². The number of amides is 2. The monoisotopic (exact) mass is 460 g/mol. The van der Waals surface area contributed by atoms with Gasteiger partial charge < -0.3 is 15.4 Å². The highest BCUT2D eigenvalue weighted by Gasteiger charge is 2.25. The summed E-state index contributed by atoms with van der Waals surface area (Å²) in [4.78, 5) is 40.6. The van der Waals surface area contributed by atoms with Crippen molar-refractivity contribution < 1.29 is 32.3 Å². The topological polar surface area (TPSA) is 102 Å². The minimum absolute atomic E-state index is 0.0564. The third-order valence-electron chi connectivity index (χ3n) is 3.80. The van der Waals surface area contributed by atoms with Crippen molar-refractivity contribution in [2.24, 2.45) is 0 Å². The molecule has 2 amide bonds. The van der Waals surface area contributed by atoms with Crippen LogP contribution in [0.5, 0.6) is 0 Å². The molecule has 0 radical (unpaired) electrons. The van der Waals surface area contributed by atoms with E-state index in [0.29, 0.717) is 11.0 Å². The average molecular weight is 461 g/mol. The van der Waals surface area contributed by atoms with Gasteiger partial charge in [-0.2, -0.15) is 0 Å². The number of anilines is 1. The minimum Gasteiger partial charge on any atom is -0.448 e. The summed E-state index contributed by atoms with van der Waals surface area (Å²) in [7, 11) is 0. The summed E-state index contributed by atoms with van der Waals surface area (Å²) in [5, 5.41) is 5.75. The largest absolute Gasteiger partial charge is 0.448 e. The van der Waals surface area contributed by atoms with Gasteiger partial charge in [0.25, 0.3) is 5.91 Å². The highest BCUT2D eigenvalue weighted by molar-refractivity contribution is 7.15. The van der Waals surface area contributed by atoms with Gasteiger partial charge >= 0.3 is 5.97 Å². The Morgan fingerprint density at radius 3 is 2.73 bits per heavy atom. The average Bonchev–Trinajstić information content (AvgIpc) is 3.26. The fourth-order valence-electron chi connectivity index (χ4n) is 2.34. The van der Waals surface area contributed by atoms with Gasteiger partial charge in [0.1, 0.15) is 0 Å². The van der Waals surface area contributed by atoms with E-state index in [4.69, 9.17) is 16.3 Å². The zero-order valence-electron chi connectivity index (χ0n) is 15.0. The van der Waals surface area contributed by atoms with Crippen LogP contribution in [0.3, 0.4) is 0 Å². The molecular weight excluding hydrogens is 449 g/mol. The lowest BCUT2D eigenvalue weighted by Gasteiger charge is -2.13. The van der Waals surface area contributed by atoms with Crippen LogP contribution in [-0.4, -0.2) is 39.8 Å². The molecule has 13 heteroatoms. The Labute approximate surface area is 175 Å². The first-order valence-electron chi connectivity index (χ1n) is 8.22. The van der Waals surface area contributed by atoms with Crippen LogP contribution in [0.2, 0.25) is 5.15 Å². The first-order chi connectivity index (χ1) is 14.2. The minimum atomic E-state index is -1.74. The molecule has 0 bridgehead atoms. The van der Waals surface area contributed by atoms with Crippen LogP contribution in [-0.2, 0) is 14.3 Å². The Morgan fingerprint density at radius 1 is 1.27 bits per heavy atom. The normalized spacial score (nSPS) is 11.9. The van der Waals surface area contributed by atoms with E-state index < -0.39 is 53.6 Å². The van der Waals surface area contributed by atoms with Crippen LogP contribution >= 0.6 is 22.9 Å². The molecule has 1 aromatic carbocycles. The summed E-state index contributed by atoms with van der Waals surface area (Å²) in [5.74, 6) is -7.36. The third kappa shape index (κ3) is 4.39. The van der Waals surface area contributed by atoms with Crippen molar-refractivity contribution in [2.45, 2.75) is 13.0 Å². The maximum Gasteiger partial charge on any atom is 0.359 e. The first-order valence-corrected chi connectivity index (χ1v) is 9.48. The van der Waals surface area contributed by atoms with Crippen LogP contribution in [0, 0.1) is 17.5 Å². The zero-order valence-corrected chi connectivity index (χ0v) is 16.6. The lowest BCUT2D eigenvalue weighted by atomic mass is 10.2. The van der Waals surface area contributed by atoms with Gasteiger partial charge in [0.2, 0.25) is 5.91 Å². The molecule has 1 atom stereocenters. The van der Waals surface area contributed by atoms with Crippen LogP contribution in [0.15, 0.2) is 23.7 Å². The Bertz CT molecular complexity index is 1150. The number of nitrogens with one attached hydrogen (secondary N) is 2. The first kappa shape index (κ1) is 21.6. The van der Waals surface area contributed by atoms with E-state index in [1.54, 1.807) is 11.6 Å². The molecule has 3 rings (SSSR count). The fourth-order valence-corrected chi connectivity index (χ4v) is 3.35. The van der Waals surface area contributed by atoms with Crippen LogP contribution in [0.1, 0.15) is 17.4 Å². The molecule has 8 nitrogen and oxygen atoms in total. The molecule has 1 unspecified atom stereocenters. The van der Waals surface area contributed by atoms with Crippen molar-refractivity contribution in [2.75, 3.05) is 11.9 Å². The van der Waals surface area contributed by atoms with E-state index >= 15 is 0 Å². The number of imidazole rings is 1. The summed E-state index contributed by atoms with van der Waals surface area (Å²) in [6, 6.07) is 1.47. The number of rotatable bonds is 6. The maximum absolute atomic E-state index is 13.6. The van der Waals surface area contributed by atoms with Gasteiger partial charge in [0.05, 0.1) is 12.2 Å². The predicted octanol–water partition coefficient (Wildman–Crippen LogP) is 2.77. The third-order valence-corrected chi connectivity index (χ3v) is 4.82. The molecule has 3 aromatic rings. The predicted molar refractivity (Wildman–Crippen MR) is 101 cm³/mol. The second kappa shape index (κ2) is 8.71. The van der Waals surface area contributed by atoms with Crippen LogP contribution in [0.25, 0.3) is 4.96 Å². The maximum atomic E-state index is 13.6. The number of nitrogens with zero attached hydrogens (tertiary/aromatic N) is 2. The van der Waals surface area contributed by atoms with E-state index in [0.717, 1.165) is 6.07 Å². The number of esters is 1.